The second kappa shape index (κ2) is 11.4. The summed E-state index contributed by atoms with van der Waals surface area (Å²) in [7, 11) is 0. The summed E-state index contributed by atoms with van der Waals surface area (Å²) < 4.78 is 41.7. The number of halogens is 4. The number of rotatable bonds is 7. The molecule has 0 radical (unpaired) electrons. The van der Waals surface area contributed by atoms with Gasteiger partial charge >= 0.3 is 6.18 Å². The van der Waals surface area contributed by atoms with Crippen molar-refractivity contribution in [3.63, 3.8) is 0 Å². The predicted octanol–water partition coefficient (Wildman–Crippen LogP) is 3.74. The summed E-state index contributed by atoms with van der Waals surface area (Å²) in [5.41, 5.74) is 0.496. The van der Waals surface area contributed by atoms with Crippen molar-refractivity contribution < 1.29 is 17.9 Å². The molecule has 0 bridgehead atoms. The van der Waals surface area contributed by atoms with Crippen molar-refractivity contribution >= 4 is 29.9 Å². The van der Waals surface area contributed by atoms with E-state index in [0.717, 1.165) is 0 Å². The van der Waals surface area contributed by atoms with Crippen LogP contribution in [-0.2, 0) is 6.54 Å². The van der Waals surface area contributed by atoms with Crippen LogP contribution in [0.1, 0.15) is 33.3 Å². The molecule has 2 N–H and O–H groups in total. The smallest absolute Gasteiger partial charge is 0.422 e. The van der Waals surface area contributed by atoms with E-state index in [1.54, 1.807) is 12.1 Å². The lowest BCUT2D eigenvalue weighted by Crippen LogP contribution is -2.44. The minimum Gasteiger partial charge on any atom is -0.468 e. The lowest BCUT2D eigenvalue weighted by molar-refractivity contribution is -0.154. The predicted molar refractivity (Wildman–Crippen MR) is 103 cm³/mol. The number of nitrogens with one attached hydrogen (secondary N) is 2. The Morgan fingerprint density at radius 2 is 2.00 bits per heavy atom. The Morgan fingerprint density at radius 3 is 2.56 bits per heavy atom. The standard InChI is InChI=1S/C16H25F3N4O.HI/c1-5-20-15(23-12(4)11(2)3)22-9-13-7-6-8-21-14(13)24-10-16(17,18)19;/h6-8,11-12H,5,9-10H2,1-4H3,(H2,20,22,23);1H. The Kier molecular flexibility index (Phi) is 10.8. The molecule has 25 heavy (non-hydrogen) atoms. The van der Waals surface area contributed by atoms with E-state index in [4.69, 9.17) is 4.74 Å². The summed E-state index contributed by atoms with van der Waals surface area (Å²) >= 11 is 0. The van der Waals surface area contributed by atoms with Gasteiger partial charge in [0.25, 0.3) is 0 Å². The Labute approximate surface area is 163 Å². The monoisotopic (exact) mass is 474 g/mol. The van der Waals surface area contributed by atoms with Gasteiger partial charge in [-0.1, -0.05) is 19.9 Å². The molecule has 5 nitrogen and oxygen atoms in total. The Balaban J connectivity index is 0.00000576. The third kappa shape index (κ3) is 9.71. The first-order valence-electron chi connectivity index (χ1n) is 7.91. The van der Waals surface area contributed by atoms with E-state index in [9.17, 15) is 13.2 Å². The summed E-state index contributed by atoms with van der Waals surface area (Å²) in [5, 5.41) is 6.37. The molecule has 0 amide bonds. The lowest BCUT2D eigenvalue weighted by atomic mass is 10.1. The third-order valence-corrected chi connectivity index (χ3v) is 3.34. The van der Waals surface area contributed by atoms with E-state index in [2.05, 4.69) is 34.5 Å². The summed E-state index contributed by atoms with van der Waals surface area (Å²) in [4.78, 5) is 8.27. The van der Waals surface area contributed by atoms with Gasteiger partial charge < -0.3 is 15.4 Å². The van der Waals surface area contributed by atoms with Crippen molar-refractivity contribution in [2.24, 2.45) is 10.9 Å². The highest BCUT2D eigenvalue weighted by atomic mass is 127. The maximum Gasteiger partial charge on any atom is 0.422 e. The van der Waals surface area contributed by atoms with Crippen molar-refractivity contribution in [3.05, 3.63) is 23.9 Å². The SMILES string of the molecule is CCNC(=NCc1cccnc1OCC(F)(F)F)NC(C)C(C)C.I. The first-order valence-corrected chi connectivity index (χ1v) is 7.91. The Bertz CT molecular complexity index is 538. The van der Waals surface area contributed by atoms with Gasteiger partial charge in [-0.15, -0.1) is 24.0 Å². The molecule has 0 aliphatic carbocycles. The first kappa shape index (κ1) is 23.7. The van der Waals surface area contributed by atoms with Crippen LogP contribution in [-0.4, -0.2) is 36.3 Å². The van der Waals surface area contributed by atoms with E-state index in [-0.39, 0.29) is 42.4 Å². The van der Waals surface area contributed by atoms with Gasteiger partial charge in [-0.3, -0.25) is 0 Å². The molecule has 1 aromatic rings. The number of pyridine rings is 1. The number of aliphatic imine (C=N–C) groups is 1. The molecule has 0 spiro atoms. The average molecular weight is 474 g/mol. The maximum absolute atomic E-state index is 12.3. The lowest BCUT2D eigenvalue weighted by Gasteiger charge is -2.20. The summed E-state index contributed by atoms with van der Waals surface area (Å²) in [6, 6.07) is 3.50. The molecule has 9 heteroatoms. The van der Waals surface area contributed by atoms with Crippen molar-refractivity contribution in [1.29, 1.82) is 0 Å². The maximum atomic E-state index is 12.3. The second-order valence-corrected chi connectivity index (χ2v) is 5.74. The first-order chi connectivity index (χ1) is 11.2. The van der Waals surface area contributed by atoms with E-state index in [1.807, 2.05) is 13.8 Å². The molecule has 0 aliphatic heterocycles. The highest BCUT2D eigenvalue weighted by Gasteiger charge is 2.29. The van der Waals surface area contributed by atoms with Gasteiger partial charge in [0.2, 0.25) is 5.88 Å². The van der Waals surface area contributed by atoms with Crippen LogP contribution < -0.4 is 15.4 Å². The van der Waals surface area contributed by atoms with Gasteiger partial charge in [0.1, 0.15) is 0 Å². The molecule has 1 atom stereocenters. The second-order valence-electron chi connectivity index (χ2n) is 5.74. The summed E-state index contributed by atoms with van der Waals surface area (Å²) in [6.07, 6.45) is -3.01. The molecule has 0 saturated heterocycles. The Morgan fingerprint density at radius 1 is 1.32 bits per heavy atom. The zero-order valence-electron chi connectivity index (χ0n) is 14.9. The largest absolute Gasteiger partial charge is 0.468 e. The van der Waals surface area contributed by atoms with Crippen molar-refractivity contribution in [2.75, 3.05) is 13.2 Å². The van der Waals surface area contributed by atoms with E-state index in [1.165, 1.54) is 6.20 Å². The van der Waals surface area contributed by atoms with Crippen LogP contribution >= 0.6 is 24.0 Å². The van der Waals surface area contributed by atoms with Gasteiger partial charge in [-0.25, -0.2) is 9.98 Å². The fourth-order valence-corrected chi connectivity index (χ4v) is 1.69. The van der Waals surface area contributed by atoms with Crippen LogP contribution in [0, 0.1) is 5.92 Å². The zero-order valence-corrected chi connectivity index (χ0v) is 17.2. The molecule has 0 saturated carbocycles. The third-order valence-electron chi connectivity index (χ3n) is 3.34. The van der Waals surface area contributed by atoms with Crippen LogP contribution in [0.25, 0.3) is 0 Å². The molecular formula is C16H26F3IN4O. The average Bonchev–Trinajstić information content (AvgIpc) is 2.50. The molecule has 1 rings (SSSR count). The van der Waals surface area contributed by atoms with Crippen LogP contribution in [0.15, 0.2) is 23.3 Å². The van der Waals surface area contributed by atoms with E-state index in [0.29, 0.717) is 24.0 Å². The van der Waals surface area contributed by atoms with Gasteiger partial charge in [0.15, 0.2) is 12.6 Å². The van der Waals surface area contributed by atoms with E-state index >= 15 is 0 Å². The zero-order chi connectivity index (χ0) is 18.2. The van der Waals surface area contributed by atoms with Gasteiger partial charge in [0.05, 0.1) is 6.54 Å². The van der Waals surface area contributed by atoms with Crippen molar-refractivity contribution in [3.8, 4) is 5.88 Å². The van der Waals surface area contributed by atoms with Gasteiger partial charge in [0, 0.05) is 24.3 Å². The van der Waals surface area contributed by atoms with E-state index < -0.39 is 12.8 Å². The van der Waals surface area contributed by atoms with Crippen LogP contribution in [0.2, 0.25) is 0 Å². The molecular weight excluding hydrogens is 448 g/mol. The summed E-state index contributed by atoms with van der Waals surface area (Å²) in [6.45, 7) is 7.64. The van der Waals surface area contributed by atoms with Crippen molar-refractivity contribution in [1.82, 2.24) is 15.6 Å². The quantitative estimate of drug-likeness (QED) is 0.359. The minimum atomic E-state index is -4.40. The number of ether oxygens (including phenoxy) is 1. The summed E-state index contributed by atoms with van der Waals surface area (Å²) in [5.74, 6) is 0.966. The molecule has 0 fully saturated rings. The molecule has 1 aromatic heterocycles. The van der Waals surface area contributed by atoms with Crippen LogP contribution in [0.4, 0.5) is 13.2 Å². The van der Waals surface area contributed by atoms with Crippen molar-refractivity contribution in [2.45, 2.75) is 46.5 Å². The number of nitrogens with zero attached hydrogens (tertiary/aromatic N) is 2. The minimum absolute atomic E-state index is 0. The highest BCUT2D eigenvalue weighted by molar-refractivity contribution is 14.0. The van der Waals surface area contributed by atoms with Gasteiger partial charge in [-0.2, -0.15) is 13.2 Å². The fourth-order valence-electron chi connectivity index (χ4n) is 1.69. The highest BCUT2D eigenvalue weighted by Crippen LogP contribution is 2.20. The number of hydrogen-bond donors (Lipinski definition) is 2. The number of hydrogen-bond acceptors (Lipinski definition) is 3. The number of aromatic nitrogens is 1. The fraction of sp³-hybridized carbons (Fsp3) is 0.625. The van der Waals surface area contributed by atoms with Crippen LogP contribution in [0.3, 0.4) is 0 Å². The topological polar surface area (TPSA) is 58.5 Å². The number of alkyl halides is 3. The molecule has 0 aliphatic rings. The number of guanidine groups is 1. The molecule has 144 valence electrons. The van der Waals surface area contributed by atoms with Gasteiger partial charge in [-0.05, 0) is 25.8 Å². The molecule has 1 heterocycles. The van der Waals surface area contributed by atoms with Crippen LogP contribution in [0.5, 0.6) is 5.88 Å². The molecule has 1 unspecified atom stereocenters. The molecule has 0 aromatic carbocycles. The normalized spacial score (nSPS) is 13.2. The Hall–Kier alpha value is -1.26.